The Hall–Kier alpha value is -1.83. The van der Waals surface area contributed by atoms with Crippen LogP contribution in [0.1, 0.15) is 194 Å². The summed E-state index contributed by atoms with van der Waals surface area (Å²) < 4.78 is 38.7. The molecule has 0 aliphatic rings. The second-order valence-electron chi connectivity index (χ2n) is 13.8. The summed E-state index contributed by atoms with van der Waals surface area (Å²) in [6.45, 7) is 6.94. The zero-order valence-corrected chi connectivity index (χ0v) is 32.7. The lowest BCUT2D eigenvalue weighted by atomic mass is 10.0. The number of unbranched alkanes of at least 4 members (excludes halogenated alkanes) is 26. The SMILES string of the molecule is CCCCCCCCCCCCCCCC[n+]1ccccc1.CCCCCCCCCCCCCCCC[n+]1ccccc1.O=S(=O)([O-])[O-]. The Bertz CT molecular complexity index is 930. The van der Waals surface area contributed by atoms with Crippen molar-refractivity contribution >= 4 is 10.4 Å². The van der Waals surface area contributed by atoms with Gasteiger partial charge in [-0.15, -0.1) is 0 Å². The maximum Gasteiger partial charge on any atom is 0.168 e. The molecule has 7 heteroatoms. The first-order valence-corrected chi connectivity index (χ1v) is 21.7. The summed E-state index contributed by atoms with van der Waals surface area (Å²) >= 11 is 0. The Labute approximate surface area is 304 Å². The monoisotopic (exact) mass is 705 g/mol. The van der Waals surface area contributed by atoms with Crippen LogP contribution in [0.4, 0.5) is 0 Å². The largest absolute Gasteiger partial charge is 0.759 e. The van der Waals surface area contributed by atoms with Gasteiger partial charge in [0.15, 0.2) is 24.8 Å². The molecular weight excluding hydrogens is 629 g/mol. The summed E-state index contributed by atoms with van der Waals surface area (Å²) in [6, 6.07) is 12.6. The normalized spacial score (nSPS) is 11.0. The number of pyridine rings is 2. The molecule has 0 amide bonds. The molecule has 0 saturated carbocycles. The van der Waals surface area contributed by atoms with Gasteiger partial charge in [0.05, 0.1) is 0 Å². The van der Waals surface area contributed by atoms with E-state index in [2.05, 4.69) is 84.2 Å². The molecule has 2 heterocycles. The van der Waals surface area contributed by atoms with E-state index in [-0.39, 0.29) is 0 Å². The second kappa shape index (κ2) is 37.4. The third-order valence-corrected chi connectivity index (χ3v) is 9.09. The number of rotatable bonds is 30. The lowest BCUT2D eigenvalue weighted by Crippen LogP contribution is -2.32. The van der Waals surface area contributed by atoms with Gasteiger partial charge in [0.25, 0.3) is 0 Å². The molecule has 0 N–H and O–H groups in total. The summed E-state index contributed by atoms with van der Waals surface area (Å²) in [5, 5.41) is 0. The zero-order chi connectivity index (χ0) is 35.9. The van der Waals surface area contributed by atoms with Crippen LogP contribution in [0.15, 0.2) is 61.2 Å². The third-order valence-electron chi connectivity index (χ3n) is 9.09. The molecule has 6 nitrogen and oxygen atoms in total. The maximum atomic E-state index is 8.52. The van der Waals surface area contributed by atoms with Crippen LogP contribution < -0.4 is 9.13 Å². The summed E-state index contributed by atoms with van der Waals surface area (Å²) in [6.07, 6.45) is 48.8. The van der Waals surface area contributed by atoms with Crippen LogP contribution in [0, 0.1) is 0 Å². The third kappa shape index (κ3) is 42.3. The van der Waals surface area contributed by atoms with E-state index >= 15 is 0 Å². The van der Waals surface area contributed by atoms with Crippen LogP contribution in [-0.4, -0.2) is 17.5 Å². The minimum Gasteiger partial charge on any atom is -0.759 e. The van der Waals surface area contributed by atoms with Crippen molar-refractivity contribution < 1.29 is 26.7 Å². The Morgan fingerprint density at radius 3 is 0.735 bits per heavy atom. The van der Waals surface area contributed by atoms with Crippen molar-refractivity contribution in [2.24, 2.45) is 0 Å². The van der Waals surface area contributed by atoms with Gasteiger partial charge in [0.2, 0.25) is 0 Å². The fraction of sp³-hybridized carbons (Fsp3) is 0.762. The van der Waals surface area contributed by atoms with Crippen molar-refractivity contribution in [3.63, 3.8) is 0 Å². The summed E-state index contributed by atoms with van der Waals surface area (Å²) in [7, 11) is -5.17. The number of nitrogens with zero attached hydrogens (tertiary/aromatic N) is 2. The quantitative estimate of drug-likeness (QED) is 0.0350. The van der Waals surface area contributed by atoms with Crippen molar-refractivity contribution in [1.82, 2.24) is 0 Å². The molecule has 2 rings (SSSR count). The molecule has 0 aliphatic heterocycles. The number of hydrogen-bond acceptors (Lipinski definition) is 4. The molecule has 0 fully saturated rings. The summed E-state index contributed by atoms with van der Waals surface area (Å²) in [5.41, 5.74) is 0. The van der Waals surface area contributed by atoms with E-state index in [1.165, 1.54) is 193 Å². The second-order valence-corrected chi connectivity index (χ2v) is 14.6. The molecule has 284 valence electrons. The molecule has 0 radical (unpaired) electrons. The lowest BCUT2D eigenvalue weighted by Gasteiger charge is -2.06. The molecular formula is C42H76N2O4S. The molecule has 0 aliphatic carbocycles. The highest BCUT2D eigenvalue weighted by molar-refractivity contribution is 7.79. The van der Waals surface area contributed by atoms with Crippen molar-refractivity contribution in [2.45, 2.75) is 207 Å². The van der Waals surface area contributed by atoms with E-state index in [1.807, 2.05) is 0 Å². The van der Waals surface area contributed by atoms with Crippen LogP contribution in [0.5, 0.6) is 0 Å². The number of hydrogen-bond donors (Lipinski definition) is 0. The Kier molecular flexibility index (Phi) is 36.0. The first-order chi connectivity index (χ1) is 23.9. The number of aromatic nitrogens is 2. The Morgan fingerprint density at radius 1 is 0.347 bits per heavy atom. The van der Waals surface area contributed by atoms with Gasteiger partial charge in [-0.2, -0.15) is 0 Å². The molecule has 0 saturated heterocycles. The average molecular weight is 705 g/mol. The molecule has 0 unspecified atom stereocenters. The highest BCUT2D eigenvalue weighted by Crippen LogP contribution is 2.14. The van der Waals surface area contributed by atoms with E-state index in [1.54, 1.807) is 0 Å². The van der Waals surface area contributed by atoms with Crippen LogP contribution in [0.2, 0.25) is 0 Å². The Morgan fingerprint density at radius 2 is 0.531 bits per heavy atom. The van der Waals surface area contributed by atoms with Gasteiger partial charge < -0.3 is 9.11 Å². The number of aryl methyl sites for hydroxylation is 2. The van der Waals surface area contributed by atoms with Crippen molar-refractivity contribution in [1.29, 1.82) is 0 Å². The van der Waals surface area contributed by atoms with Gasteiger partial charge in [-0.25, -0.2) is 9.13 Å². The molecule has 2 aromatic heterocycles. The van der Waals surface area contributed by atoms with E-state index in [9.17, 15) is 0 Å². The van der Waals surface area contributed by atoms with Gasteiger partial charge >= 0.3 is 0 Å². The first-order valence-electron chi connectivity index (χ1n) is 20.4. The van der Waals surface area contributed by atoms with Gasteiger partial charge in [-0.05, 0) is 12.8 Å². The van der Waals surface area contributed by atoms with Crippen molar-refractivity contribution in [3.8, 4) is 0 Å². The van der Waals surface area contributed by atoms with Crippen molar-refractivity contribution in [3.05, 3.63) is 61.2 Å². The standard InChI is InChI=1S/2C21H38N.H2O4S/c2*1-2-3-4-5-6-7-8-9-10-11-12-13-14-16-19-22-20-17-15-18-21-22;1-5(2,3)4/h2*15,17-18,20-21H,2-14,16,19H2,1H3;(H2,1,2,3,4)/q2*+1;/p-2. The summed E-state index contributed by atoms with van der Waals surface area (Å²) in [4.78, 5) is 0. The fourth-order valence-electron chi connectivity index (χ4n) is 6.14. The van der Waals surface area contributed by atoms with E-state index in [0.29, 0.717) is 0 Å². The lowest BCUT2D eigenvalue weighted by molar-refractivity contribution is -0.697. The Balaban J connectivity index is 0.000000826. The highest BCUT2D eigenvalue weighted by Gasteiger charge is 1.99. The zero-order valence-electron chi connectivity index (χ0n) is 31.9. The average Bonchev–Trinajstić information content (AvgIpc) is 3.09. The minimum absolute atomic E-state index is 1.18. The van der Waals surface area contributed by atoms with Crippen molar-refractivity contribution in [2.75, 3.05) is 0 Å². The van der Waals surface area contributed by atoms with Crippen LogP contribution in [0.25, 0.3) is 0 Å². The van der Waals surface area contributed by atoms with Gasteiger partial charge in [0.1, 0.15) is 13.1 Å². The molecule has 0 aromatic carbocycles. The maximum absolute atomic E-state index is 8.52. The van der Waals surface area contributed by atoms with Crippen LogP contribution in [0.3, 0.4) is 0 Å². The van der Waals surface area contributed by atoms with E-state index in [4.69, 9.17) is 17.5 Å². The minimum atomic E-state index is -5.17. The van der Waals surface area contributed by atoms with Gasteiger partial charge in [-0.3, -0.25) is 8.42 Å². The predicted molar refractivity (Wildman–Crippen MR) is 204 cm³/mol. The van der Waals surface area contributed by atoms with Gasteiger partial charge in [-0.1, -0.05) is 180 Å². The summed E-state index contributed by atoms with van der Waals surface area (Å²) in [5.74, 6) is 0. The molecule has 0 bridgehead atoms. The molecule has 2 aromatic rings. The molecule has 49 heavy (non-hydrogen) atoms. The smallest absolute Gasteiger partial charge is 0.168 e. The topological polar surface area (TPSA) is 88.0 Å². The molecule has 0 atom stereocenters. The predicted octanol–water partition coefficient (Wildman–Crippen LogP) is 11.6. The van der Waals surface area contributed by atoms with E-state index < -0.39 is 10.4 Å². The van der Waals surface area contributed by atoms with Crippen LogP contribution >= 0.6 is 0 Å². The van der Waals surface area contributed by atoms with E-state index in [0.717, 1.165) is 0 Å². The fourth-order valence-corrected chi connectivity index (χ4v) is 6.14. The first kappa shape index (κ1) is 47.2. The van der Waals surface area contributed by atoms with Gasteiger partial charge in [0, 0.05) is 47.5 Å². The molecule has 0 spiro atoms. The highest BCUT2D eigenvalue weighted by atomic mass is 32.3. The van der Waals surface area contributed by atoms with Crippen LogP contribution in [-0.2, 0) is 23.5 Å².